The Morgan fingerprint density at radius 1 is 1.15 bits per heavy atom. The number of benzene rings is 1. The average molecular weight is 476 g/mol. The highest BCUT2D eigenvalue weighted by atomic mass is 32.2. The first-order chi connectivity index (χ1) is 15.8. The zero-order chi connectivity index (χ0) is 23.2. The Hall–Kier alpha value is -2.50. The lowest BCUT2D eigenvalue weighted by atomic mass is 10.1. The van der Waals surface area contributed by atoms with E-state index in [1.807, 2.05) is 18.2 Å². The van der Waals surface area contributed by atoms with Crippen LogP contribution in [0.5, 0.6) is 0 Å². The van der Waals surface area contributed by atoms with E-state index in [0.717, 1.165) is 31.2 Å². The lowest BCUT2D eigenvalue weighted by Crippen LogP contribution is -2.54. The second-order valence-corrected chi connectivity index (χ2v) is 11.4. The minimum atomic E-state index is -3.22. The molecule has 178 valence electrons. The molecule has 1 aromatic heterocycles. The molecule has 1 aromatic carbocycles. The van der Waals surface area contributed by atoms with Gasteiger partial charge in [-0.15, -0.1) is 0 Å². The molecule has 3 aliphatic rings. The summed E-state index contributed by atoms with van der Waals surface area (Å²) in [6, 6.07) is 5.34. The summed E-state index contributed by atoms with van der Waals surface area (Å²) >= 11 is 0. The molecule has 11 heteroatoms. The van der Waals surface area contributed by atoms with Gasteiger partial charge in [0.15, 0.2) is 11.4 Å². The number of sulfonamides is 1. The van der Waals surface area contributed by atoms with E-state index >= 15 is 0 Å². The van der Waals surface area contributed by atoms with Crippen LogP contribution >= 0.6 is 0 Å². The maximum Gasteiger partial charge on any atom is 0.329 e. The van der Waals surface area contributed by atoms with Crippen LogP contribution in [0.4, 0.5) is 10.6 Å². The highest BCUT2D eigenvalue weighted by Crippen LogP contribution is 2.31. The maximum atomic E-state index is 13.0. The van der Waals surface area contributed by atoms with Crippen LogP contribution in [0, 0.1) is 0 Å². The summed E-state index contributed by atoms with van der Waals surface area (Å²) in [7, 11) is -3.22. The molecule has 0 bridgehead atoms. The number of fused-ring (bicyclic) bond motifs is 1. The molecule has 3 amide bonds. The van der Waals surface area contributed by atoms with E-state index in [4.69, 9.17) is 4.52 Å². The average Bonchev–Trinajstić information content (AvgIpc) is 3.46. The van der Waals surface area contributed by atoms with Crippen LogP contribution in [0.3, 0.4) is 0 Å². The van der Waals surface area contributed by atoms with Gasteiger partial charge in [-0.25, -0.2) is 13.2 Å². The molecule has 2 aliphatic heterocycles. The number of anilines is 1. The summed E-state index contributed by atoms with van der Waals surface area (Å²) in [4.78, 5) is 27.4. The van der Waals surface area contributed by atoms with E-state index in [-0.39, 0.29) is 30.2 Å². The molecular weight excluding hydrogens is 446 g/mol. The van der Waals surface area contributed by atoms with Crippen molar-refractivity contribution in [1.82, 2.24) is 19.7 Å². The smallest absolute Gasteiger partial charge is 0.329 e. The minimum absolute atomic E-state index is 0.0893. The van der Waals surface area contributed by atoms with Crippen LogP contribution in [0.1, 0.15) is 44.6 Å². The van der Waals surface area contributed by atoms with Crippen LogP contribution in [0.25, 0.3) is 11.0 Å². The van der Waals surface area contributed by atoms with Gasteiger partial charge in [0, 0.05) is 45.2 Å². The first-order valence-corrected chi connectivity index (χ1v) is 13.1. The molecule has 33 heavy (non-hydrogen) atoms. The summed E-state index contributed by atoms with van der Waals surface area (Å²) in [6.07, 6.45) is 3.78. The predicted octanol–water partition coefficient (Wildman–Crippen LogP) is 2.05. The van der Waals surface area contributed by atoms with Gasteiger partial charge in [0.25, 0.3) is 0 Å². The number of carbonyl (C=O) groups is 2. The van der Waals surface area contributed by atoms with E-state index in [0.29, 0.717) is 43.0 Å². The van der Waals surface area contributed by atoms with Gasteiger partial charge in [0.05, 0.1) is 10.6 Å². The van der Waals surface area contributed by atoms with Crippen molar-refractivity contribution in [3.63, 3.8) is 0 Å². The molecular formula is C22H29N5O5S. The Bertz CT molecular complexity index is 1170. The van der Waals surface area contributed by atoms with Crippen molar-refractivity contribution in [3.8, 4) is 0 Å². The standard InChI is InChI=1S/C22H29N5O5S/c1-15-13-26(33(30,31)17-4-2-3-5-17)11-10-25(15)14-16-6-7-19-18(12-16)21(24-32-19)27-9-8-20(28)23-22(27)29/h6-7,12,15,17H,2-5,8-11,13-14H2,1H3,(H,23,28,29)/t15-/m1/s1. The summed E-state index contributed by atoms with van der Waals surface area (Å²) < 4.78 is 33.0. The van der Waals surface area contributed by atoms with Crippen molar-refractivity contribution in [3.05, 3.63) is 23.8 Å². The third kappa shape index (κ3) is 4.24. The van der Waals surface area contributed by atoms with Crippen molar-refractivity contribution < 1.29 is 22.5 Å². The molecule has 0 radical (unpaired) electrons. The summed E-state index contributed by atoms with van der Waals surface area (Å²) in [5, 5.41) is 6.87. The molecule has 2 aromatic rings. The molecule has 1 aliphatic carbocycles. The fourth-order valence-electron chi connectivity index (χ4n) is 5.09. The van der Waals surface area contributed by atoms with E-state index in [1.54, 1.807) is 4.31 Å². The van der Waals surface area contributed by atoms with E-state index in [9.17, 15) is 18.0 Å². The number of carbonyl (C=O) groups excluding carboxylic acids is 2. The van der Waals surface area contributed by atoms with Crippen molar-refractivity contribution in [2.75, 3.05) is 31.1 Å². The first kappa shape index (κ1) is 22.3. The first-order valence-electron chi connectivity index (χ1n) is 11.6. The number of imide groups is 1. The predicted molar refractivity (Wildman–Crippen MR) is 122 cm³/mol. The van der Waals surface area contributed by atoms with Gasteiger partial charge in [0.2, 0.25) is 15.9 Å². The number of nitrogens with one attached hydrogen (secondary N) is 1. The van der Waals surface area contributed by atoms with E-state index in [2.05, 4.69) is 22.3 Å². The van der Waals surface area contributed by atoms with Crippen LogP contribution in [0.2, 0.25) is 0 Å². The molecule has 5 rings (SSSR count). The summed E-state index contributed by atoms with van der Waals surface area (Å²) in [6.45, 7) is 4.65. The quantitative estimate of drug-likeness (QED) is 0.704. The number of nitrogens with zero attached hydrogens (tertiary/aromatic N) is 4. The number of amides is 3. The SMILES string of the molecule is C[C@@H]1CN(S(=O)(=O)C2CCCC2)CCN1Cc1ccc2onc(N3CCC(=O)NC3=O)c2c1. The molecule has 1 N–H and O–H groups in total. The Morgan fingerprint density at radius 2 is 1.94 bits per heavy atom. The molecule has 3 heterocycles. The van der Waals surface area contributed by atoms with E-state index < -0.39 is 16.1 Å². The van der Waals surface area contributed by atoms with Crippen LogP contribution < -0.4 is 10.2 Å². The molecule has 1 atom stereocenters. The number of urea groups is 1. The second-order valence-electron chi connectivity index (χ2n) is 9.22. The minimum Gasteiger partial charge on any atom is -0.354 e. The monoisotopic (exact) mass is 475 g/mol. The highest BCUT2D eigenvalue weighted by molar-refractivity contribution is 7.89. The van der Waals surface area contributed by atoms with Crippen molar-refractivity contribution in [2.45, 2.75) is 56.9 Å². The number of hydrogen-bond donors (Lipinski definition) is 1. The Balaban J connectivity index is 1.30. The molecule has 10 nitrogen and oxygen atoms in total. The molecule has 3 fully saturated rings. The third-order valence-corrected chi connectivity index (χ3v) is 9.39. The van der Waals surface area contributed by atoms with Gasteiger partial charge >= 0.3 is 6.03 Å². The number of aromatic nitrogens is 1. The molecule has 0 spiro atoms. The molecule has 2 saturated heterocycles. The van der Waals surface area contributed by atoms with Gasteiger partial charge in [-0.2, -0.15) is 4.31 Å². The van der Waals surface area contributed by atoms with Gasteiger partial charge in [-0.1, -0.05) is 24.1 Å². The van der Waals surface area contributed by atoms with Gasteiger partial charge < -0.3 is 4.52 Å². The fraction of sp³-hybridized carbons (Fsp3) is 0.591. The number of hydrogen-bond acceptors (Lipinski definition) is 7. The van der Waals surface area contributed by atoms with Crippen molar-refractivity contribution >= 4 is 38.7 Å². The number of rotatable bonds is 5. The van der Waals surface area contributed by atoms with Gasteiger partial charge in [-0.05, 0) is 37.5 Å². The fourth-order valence-corrected chi connectivity index (χ4v) is 7.20. The van der Waals surface area contributed by atoms with Crippen LogP contribution in [-0.2, 0) is 21.4 Å². The molecule has 0 unspecified atom stereocenters. The second kappa shape index (κ2) is 8.69. The van der Waals surface area contributed by atoms with Crippen LogP contribution in [-0.4, -0.2) is 72.2 Å². The third-order valence-electron chi connectivity index (χ3n) is 7.02. The Morgan fingerprint density at radius 3 is 2.67 bits per heavy atom. The maximum absolute atomic E-state index is 13.0. The van der Waals surface area contributed by atoms with Crippen LogP contribution in [0.15, 0.2) is 22.7 Å². The van der Waals surface area contributed by atoms with Gasteiger partial charge in [-0.3, -0.25) is 19.9 Å². The topological polar surface area (TPSA) is 116 Å². The van der Waals surface area contributed by atoms with Crippen molar-refractivity contribution in [2.24, 2.45) is 0 Å². The van der Waals surface area contributed by atoms with Crippen molar-refractivity contribution in [1.29, 1.82) is 0 Å². The lowest BCUT2D eigenvalue weighted by Gasteiger charge is -2.40. The lowest BCUT2D eigenvalue weighted by molar-refractivity contribution is -0.120. The largest absolute Gasteiger partial charge is 0.354 e. The summed E-state index contributed by atoms with van der Waals surface area (Å²) in [5.41, 5.74) is 1.60. The Kier molecular flexibility index (Phi) is 5.87. The summed E-state index contributed by atoms with van der Waals surface area (Å²) in [5.74, 6) is 0.102. The zero-order valence-corrected chi connectivity index (χ0v) is 19.5. The van der Waals surface area contributed by atoms with Gasteiger partial charge in [0.1, 0.15) is 0 Å². The van der Waals surface area contributed by atoms with E-state index in [1.165, 1.54) is 4.90 Å². The normalized spacial score (nSPS) is 24.0. The highest BCUT2D eigenvalue weighted by Gasteiger charge is 2.37. The molecule has 1 saturated carbocycles. The zero-order valence-electron chi connectivity index (χ0n) is 18.7. The number of piperazine rings is 1. The Labute approximate surface area is 192 Å².